The number of piperidine rings is 1. The monoisotopic (exact) mass is 336 g/mol. The zero-order chi connectivity index (χ0) is 17.1. The lowest BCUT2D eigenvalue weighted by Gasteiger charge is -2.36. The predicted molar refractivity (Wildman–Crippen MR) is 102 cm³/mol. The molecule has 0 aromatic heterocycles. The summed E-state index contributed by atoms with van der Waals surface area (Å²) in [5.74, 6) is 1.80. The molecule has 2 aromatic carbocycles. The number of fused-ring (bicyclic) bond motifs is 4. The summed E-state index contributed by atoms with van der Waals surface area (Å²) in [5, 5.41) is 0. The Morgan fingerprint density at radius 2 is 1.68 bits per heavy atom. The van der Waals surface area contributed by atoms with Gasteiger partial charge in [0.25, 0.3) is 0 Å². The lowest BCUT2D eigenvalue weighted by molar-refractivity contribution is 0.123. The molecule has 0 saturated carbocycles. The molecule has 3 nitrogen and oxygen atoms in total. The molecule has 0 N–H and O–H groups in total. The average molecular weight is 336 g/mol. The van der Waals surface area contributed by atoms with E-state index in [-0.39, 0.29) is 0 Å². The maximum Gasteiger partial charge on any atom is 0.123 e. The van der Waals surface area contributed by atoms with Crippen molar-refractivity contribution in [3.63, 3.8) is 0 Å². The standard InChI is InChI=1S/C22H28N2O/c1-25-22-10-6-5-9-20(22)16-23-13-19-11-12-21(17-23)24(15-19)14-18-7-3-2-4-8-18/h2-10,19,21H,11-17H2,1H3/t19-,21+/m0/s1. The molecule has 0 radical (unpaired) electrons. The highest BCUT2D eigenvalue weighted by atomic mass is 16.5. The molecule has 132 valence electrons. The van der Waals surface area contributed by atoms with Crippen LogP contribution in [0.3, 0.4) is 0 Å². The second kappa shape index (κ2) is 7.59. The highest BCUT2D eigenvalue weighted by Gasteiger charge is 2.34. The Morgan fingerprint density at radius 1 is 0.880 bits per heavy atom. The Kier molecular flexibility index (Phi) is 5.04. The SMILES string of the molecule is COc1ccccc1CN1C[C@@H]2CC[C@H](C1)N(Cc1ccccc1)C2. The summed E-state index contributed by atoms with van der Waals surface area (Å²) in [4.78, 5) is 5.36. The number of benzene rings is 2. The quantitative estimate of drug-likeness (QED) is 0.826. The number of hydrogen-bond donors (Lipinski definition) is 0. The first-order valence-corrected chi connectivity index (χ1v) is 9.44. The fourth-order valence-electron chi connectivity index (χ4n) is 4.49. The van der Waals surface area contributed by atoms with Crippen LogP contribution < -0.4 is 4.74 Å². The van der Waals surface area contributed by atoms with Crippen LogP contribution in [0.25, 0.3) is 0 Å². The van der Waals surface area contributed by atoms with E-state index in [1.54, 1.807) is 7.11 Å². The van der Waals surface area contributed by atoms with Gasteiger partial charge >= 0.3 is 0 Å². The fourth-order valence-corrected chi connectivity index (χ4v) is 4.49. The Bertz CT molecular complexity index is 687. The molecule has 3 aliphatic rings. The van der Waals surface area contributed by atoms with Crippen LogP contribution in [0.5, 0.6) is 5.75 Å². The maximum atomic E-state index is 5.55. The Labute approximate surface area is 151 Å². The van der Waals surface area contributed by atoms with Crippen LogP contribution in [-0.4, -0.2) is 42.6 Å². The number of rotatable bonds is 5. The number of nitrogens with zero attached hydrogens (tertiary/aromatic N) is 2. The topological polar surface area (TPSA) is 15.7 Å². The van der Waals surface area contributed by atoms with Crippen molar-refractivity contribution >= 4 is 0 Å². The highest BCUT2D eigenvalue weighted by molar-refractivity contribution is 5.33. The molecule has 0 unspecified atom stereocenters. The molecule has 3 fully saturated rings. The Morgan fingerprint density at radius 3 is 2.52 bits per heavy atom. The van der Waals surface area contributed by atoms with Crippen molar-refractivity contribution in [3.8, 4) is 5.75 Å². The fraction of sp³-hybridized carbons (Fsp3) is 0.455. The maximum absolute atomic E-state index is 5.55. The second-order valence-electron chi connectivity index (χ2n) is 7.52. The molecule has 0 spiro atoms. The van der Waals surface area contributed by atoms with Crippen molar-refractivity contribution in [1.29, 1.82) is 0 Å². The van der Waals surface area contributed by atoms with E-state index in [1.165, 1.54) is 43.6 Å². The smallest absolute Gasteiger partial charge is 0.123 e. The molecule has 5 rings (SSSR count). The van der Waals surface area contributed by atoms with Gasteiger partial charge < -0.3 is 4.74 Å². The van der Waals surface area contributed by atoms with Gasteiger partial charge in [0.2, 0.25) is 0 Å². The van der Waals surface area contributed by atoms with E-state index in [4.69, 9.17) is 4.74 Å². The molecule has 2 atom stereocenters. The summed E-state index contributed by atoms with van der Waals surface area (Å²) >= 11 is 0. The van der Waals surface area contributed by atoms with Crippen LogP contribution >= 0.6 is 0 Å². The van der Waals surface area contributed by atoms with Gasteiger partial charge in [-0.15, -0.1) is 0 Å². The molecule has 3 aliphatic heterocycles. The van der Waals surface area contributed by atoms with Crippen molar-refractivity contribution in [2.24, 2.45) is 5.92 Å². The second-order valence-corrected chi connectivity index (χ2v) is 7.52. The summed E-state index contributed by atoms with van der Waals surface area (Å²) in [6, 6.07) is 20.0. The number of para-hydroxylation sites is 1. The zero-order valence-electron chi connectivity index (χ0n) is 15.1. The van der Waals surface area contributed by atoms with Crippen LogP contribution in [0.4, 0.5) is 0 Å². The number of methoxy groups -OCH3 is 1. The first kappa shape index (κ1) is 16.6. The lowest BCUT2D eigenvalue weighted by Crippen LogP contribution is -2.43. The summed E-state index contributed by atoms with van der Waals surface area (Å²) in [7, 11) is 1.77. The van der Waals surface area contributed by atoms with Crippen LogP contribution in [0, 0.1) is 5.92 Å². The van der Waals surface area contributed by atoms with Crippen LogP contribution in [-0.2, 0) is 13.1 Å². The van der Waals surface area contributed by atoms with Crippen LogP contribution in [0.2, 0.25) is 0 Å². The zero-order valence-corrected chi connectivity index (χ0v) is 15.1. The van der Waals surface area contributed by atoms with E-state index in [1.807, 2.05) is 0 Å². The van der Waals surface area contributed by atoms with Crippen LogP contribution in [0.15, 0.2) is 54.6 Å². The van der Waals surface area contributed by atoms with Gasteiger partial charge in [-0.1, -0.05) is 48.5 Å². The molecular formula is C22H28N2O. The third kappa shape index (κ3) is 3.88. The van der Waals surface area contributed by atoms with Gasteiger partial charge in [-0.2, -0.15) is 0 Å². The van der Waals surface area contributed by atoms with Gasteiger partial charge in [0.1, 0.15) is 5.75 Å². The van der Waals surface area contributed by atoms with Crippen molar-refractivity contribution in [3.05, 3.63) is 65.7 Å². The van der Waals surface area contributed by atoms with E-state index in [9.17, 15) is 0 Å². The van der Waals surface area contributed by atoms with E-state index in [0.29, 0.717) is 6.04 Å². The van der Waals surface area contributed by atoms with Crippen molar-refractivity contribution in [2.75, 3.05) is 26.7 Å². The van der Waals surface area contributed by atoms with Gasteiger partial charge in [-0.25, -0.2) is 0 Å². The number of hydrogen-bond acceptors (Lipinski definition) is 3. The Balaban J connectivity index is 1.46. The third-order valence-corrected chi connectivity index (χ3v) is 5.72. The molecule has 2 aromatic rings. The summed E-state index contributed by atoms with van der Waals surface area (Å²) in [6.45, 7) is 5.70. The average Bonchev–Trinajstić information content (AvgIpc) is 2.93. The molecule has 2 bridgehead atoms. The summed E-state index contributed by atoms with van der Waals surface area (Å²) < 4.78 is 5.55. The van der Waals surface area contributed by atoms with E-state index in [2.05, 4.69) is 64.4 Å². The minimum atomic E-state index is 0.675. The molecule has 3 saturated heterocycles. The summed E-state index contributed by atoms with van der Waals surface area (Å²) in [5.41, 5.74) is 2.74. The van der Waals surface area contributed by atoms with Crippen LogP contribution in [0.1, 0.15) is 24.0 Å². The predicted octanol–water partition coefficient (Wildman–Crippen LogP) is 3.79. The number of ether oxygens (including phenoxy) is 1. The summed E-state index contributed by atoms with van der Waals surface area (Å²) in [6.07, 6.45) is 2.71. The molecule has 0 amide bonds. The van der Waals surface area contributed by atoms with Gasteiger partial charge in [-0.3, -0.25) is 9.80 Å². The van der Waals surface area contributed by atoms with E-state index < -0.39 is 0 Å². The van der Waals surface area contributed by atoms with Crippen molar-refractivity contribution in [2.45, 2.75) is 32.0 Å². The molecular weight excluding hydrogens is 308 g/mol. The molecule has 3 heterocycles. The first-order valence-electron chi connectivity index (χ1n) is 9.44. The van der Waals surface area contributed by atoms with E-state index >= 15 is 0 Å². The van der Waals surface area contributed by atoms with Gasteiger partial charge in [0, 0.05) is 44.3 Å². The molecule has 3 heteroatoms. The van der Waals surface area contributed by atoms with Crippen molar-refractivity contribution in [1.82, 2.24) is 9.80 Å². The van der Waals surface area contributed by atoms with Gasteiger partial charge in [-0.05, 0) is 30.4 Å². The minimum Gasteiger partial charge on any atom is -0.496 e. The highest BCUT2D eigenvalue weighted by Crippen LogP contribution is 2.31. The molecule has 0 aliphatic carbocycles. The molecule has 25 heavy (non-hydrogen) atoms. The minimum absolute atomic E-state index is 0.675. The van der Waals surface area contributed by atoms with Crippen molar-refractivity contribution < 1.29 is 4.74 Å². The van der Waals surface area contributed by atoms with Gasteiger partial charge in [0.05, 0.1) is 7.11 Å². The normalized spacial score (nSPS) is 24.2. The largest absolute Gasteiger partial charge is 0.496 e. The third-order valence-electron chi connectivity index (χ3n) is 5.72. The van der Waals surface area contributed by atoms with Gasteiger partial charge in [0.15, 0.2) is 0 Å². The lowest BCUT2D eigenvalue weighted by atomic mass is 9.94. The Hall–Kier alpha value is -1.84. The van der Waals surface area contributed by atoms with E-state index in [0.717, 1.165) is 24.8 Å². The first-order chi connectivity index (χ1) is 12.3.